The maximum atomic E-state index is 12.0. The molecule has 0 bridgehead atoms. The third-order valence-corrected chi connectivity index (χ3v) is 5.28. The highest BCUT2D eigenvalue weighted by Gasteiger charge is 2.45. The highest BCUT2D eigenvalue weighted by atomic mass is 79.9. The fraction of sp³-hybridized carbons (Fsp3) is 0.500. The second-order valence-corrected chi connectivity index (χ2v) is 6.45. The number of fused-ring (bicyclic) bond motifs is 3. The first-order valence-corrected chi connectivity index (χ1v) is 8.62. The number of rotatable bonds is 2. The Morgan fingerprint density at radius 3 is 2.71 bits per heavy atom. The number of hydrogen-bond acceptors (Lipinski definition) is 2. The van der Waals surface area contributed by atoms with E-state index in [1.54, 1.807) is 6.07 Å². The van der Waals surface area contributed by atoms with Gasteiger partial charge in [-0.25, -0.2) is 0 Å². The molecule has 2 aliphatic rings. The zero-order chi connectivity index (χ0) is 15.6. The molecule has 21 heavy (non-hydrogen) atoms. The normalized spacial score (nSPS) is 23.3. The molecule has 1 unspecified atom stereocenters. The highest BCUT2D eigenvalue weighted by Crippen LogP contribution is 2.57. The molecule has 0 fully saturated rings. The number of benzene rings is 1. The molecule has 0 saturated carbocycles. The summed E-state index contributed by atoms with van der Waals surface area (Å²) >= 11 is 3.52. The lowest BCUT2D eigenvalue weighted by Gasteiger charge is -2.35. The minimum Gasteiger partial charge on any atom is -0.508 e. The van der Waals surface area contributed by atoms with Gasteiger partial charge in [0, 0.05) is 11.8 Å². The molecular formula is C18H23BrO2. The summed E-state index contributed by atoms with van der Waals surface area (Å²) in [6.45, 7) is 6.19. The number of ketones is 1. The van der Waals surface area contributed by atoms with E-state index in [0.717, 1.165) is 35.7 Å². The Hall–Kier alpha value is -1.09. The molecule has 2 nitrogen and oxygen atoms in total. The zero-order valence-electron chi connectivity index (χ0n) is 13.0. The number of allylic oxidation sites excluding steroid dienone is 2. The molecule has 1 atom stereocenters. The Labute approximate surface area is 135 Å². The van der Waals surface area contributed by atoms with Crippen molar-refractivity contribution in [3.8, 4) is 5.75 Å². The number of phenolic OH excluding ortho intramolecular Hbond substituents is 1. The summed E-state index contributed by atoms with van der Waals surface area (Å²) in [5, 5.41) is 9.67. The van der Waals surface area contributed by atoms with Gasteiger partial charge in [0.1, 0.15) is 5.75 Å². The number of halogens is 1. The lowest BCUT2D eigenvalue weighted by Crippen LogP contribution is -2.27. The molecule has 3 rings (SSSR count). The predicted octanol–water partition coefficient (Wildman–Crippen LogP) is 5.23. The summed E-state index contributed by atoms with van der Waals surface area (Å²) < 4.78 is 0.761. The summed E-state index contributed by atoms with van der Waals surface area (Å²) in [7, 11) is 0. The van der Waals surface area contributed by atoms with E-state index >= 15 is 0 Å². The average Bonchev–Trinajstić information content (AvgIpc) is 2.79. The van der Waals surface area contributed by atoms with Crippen LogP contribution in [-0.4, -0.2) is 10.9 Å². The summed E-state index contributed by atoms with van der Waals surface area (Å²) in [6.07, 6.45) is 4.71. The van der Waals surface area contributed by atoms with Gasteiger partial charge in [0.15, 0.2) is 5.78 Å². The average molecular weight is 351 g/mol. The lowest BCUT2D eigenvalue weighted by atomic mass is 9.70. The molecule has 0 amide bonds. The third-order valence-electron chi connectivity index (χ3n) is 4.44. The van der Waals surface area contributed by atoms with Crippen LogP contribution in [0.15, 0.2) is 22.7 Å². The van der Waals surface area contributed by atoms with Crippen LogP contribution in [0.25, 0.3) is 5.57 Å². The standard InChI is InChI=1S/C16H17BrO2.C2H6/c1-2-6-16-7-5-13(19)15(17)14(16)12-4-3-11(18)8-10(12)9-16;1-2/h3-4,8,18H,2,5-7,9H2,1H3;1-2H3. The number of phenols is 1. The van der Waals surface area contributed by atoms with Crippen molar-refractivity contribution in [2.24, 2.45) is 5.41 Å². The van der Waals surface area contributed by atoms with Gasteiger partial charge in [0.25, 0.3) is 0 Å². The van der Waals surface area contributed by atoms with Crippen molar-refractivity contribution in [3.05, 3.63) is 33.8 Å². The first kappa shape index (κ1) is 16.3. The Bertz CT molecular complexity index is 589. The van der Waals surface area contributed by atoms with E-state index in [2.05, 4.69) is 22.9 Å². The molecule has 0 radical (unpaired) electrons. The number of Topliss-reactive ketones (excluding diaryl/α,β-unsaturated/α-hetero) is 1. The molecule has 3 heteroatoms. The summed E-state index contributed by atoms with van der Waals surface area (Å²) in [6, 6.07) is 5.52. The van der Waals surface area contributed by atoms with Crippen LogP contribution in [0.3, 0.4) is 0 Å². The quantitative estimate of drug-likeness (QED) is 0.792. The van der Waals surface area contributed by atoms with Gasteiger partial charge >= 0.3 is 0 Å². The van der Waals surface area contributed by atoms with E-state index in [9.17, 15) is 9.90 Å². The molecule has 0 spiro atoms. The van der Waals surface area contributed by atoms with E-state index in [0.29, 0.717) is 12.2 Å². The number of carbonyl (C=O) groups is 1. The second-order valence-electron chi connectivity index (χ2n) is 5.66. The van der Waals surface area contributed by atoms with Crippen molar-refractivity contribution in [1.82, 2.24) is 0 Å². The van der Waals surface area contributed by atoms with Crippen LogP contribution >= 0.6 is 15.9 Å². The molecule has 0 aromatic heterocycles. The number of aromatic hydroxyl groups is 1. The Kier molecular flexibility index (Phi) is 4.92. The van der Waals surface area contributed by atoms with Crippen LogP contribution in [0.4, 0.5) is 0 Å². The Balaban J connectivity index is 0.000000774. The minimum absolute atomic E-state index is 0.0949. The lowest BCUT2D eigenvalue weighted by molar-refractivity contribution is -0.115. The van der Waals surface area contributed by atoms with E-state index in [-0.39, 0.29) is 11.2 Å². The fourth-order valence-corrected chi connectivity index (χ4v) is 4.52. The Morgan fingerprint density at radius 1 is 1.33 bits per heavy atom. The summed E-state index contributed by atoms with van der Waals surface area (Å²) in [4.78, 5) is 12.0. The summed E-state index contributed by atoms with van der Waals surface area (Å²) in [5.74, 6) is 0.523. The fourth-order valence-electron chi connectivity index (χ4n) is 3.69. The molecule has 0 aliphatic heterocycles. The van der Waals surface area contributed by atoms with Crippen LogP contribution in [0.2, 0.25) is 0 Å². The maximum absolute atomic E-state index is 12.0. The Morgan fingerprint density at radius 2 is 2.05 bits per heavy atom. The van der Waals surface area contributed by atoms with E-state index in [1.807, 2.05) is 26.0 Å². The van der Waals surface area contributed by atoms with E-state index < -0.39 is 0 Å². The molecular weight excluding hydrogens is 328 g/mol. The van der Waals surface area contributed by atoms with Gasteiger partial charge in [-0.2, -0.15) is 0 Å². The zero-order valence-corrected chi connectivity index (χ0v) is 14.6. The molecule has 1 aromatic rings. The first-order chi connectivity index (χ1) is 10.1. The van der Waals surface area contributed by atoms with Gasteiger partial charge in [0.05, 0.1) is 4.48 Å². The topological polar surface area (TPSA) is 37.3 Å². The van der Waals surface area contributed by atoms with Crippen molar-refractivity contribution < 1.29 is 9.90 Å². The molecule has 114 valence electrons. The van der Waals surface area contributed by atoms with Gasteiger partial charge in [-0.3, -0.25) is 4.79 Å². The van der Waals surface area contributed by atoms with Gasteiger partial charge in [-0.15, -0.1) is 0 Å². The minimum atomic E-state index is 0.0949. The number of carbonyl (C=O) groups excluding carboxylic acids is 1. The molecule has 0 heterocycles. The third kappa shape index (κ3) is 2.68. The first-order valence-electron chi connectivity index (χ1n) is 7.83. The van der Waals surface area contributed by atoms with Crippen LogP contribution in [0, 0.1) is 5.41 Å². The second kappa shape index (κ2) is 6.35. The number of hydrogen-bond donors (Lipinski definition) is 1. The van der Waals surface area contributed by atoms with Gasteiger partial charge in [-0.05, 0) is 64.0 Å². The van der Waals surface area contributed by atoms with Crippen LogP contribution < -0.4 is 0 Å². The SMILES string of the molecule is CC.CCCC12CCC(=O)C(Br)=C1c1ccc(O)cc1C2. The van der Waals surface area contributed by atoms with E-state index in [1.165, 1.54) is 11.1 Å². The van der Waals surface area contributed by atoms with E-state index in [4.69, 9.17) is 0 Å². The van der Waals surface area contributed by atoms with Gasteiger partial charge < -0.3 is 5.11 Å². The van der Waals surface area contributed by atoms with Gasteiger partial charge in [-0.1, -0.05) is 33.3 Å². The van der Waals surface area contributed by atoms with Crippen molar-refractivity contribution in [2.45, 2.75) is 52.9 Å². The van der Waals surface area contributed by atoms with Crippen molar-refractivity contribution in [2.75, 3.05) is 0 Å². The van der Waals surface area contributed by atoms with Crippen LogP contribution in [0.5, 0.6) is 5.75 Å². The maximum Gasteiger partial charge on any atom is 0.170 e. The smallest absolute Gasteiger partial charge is 0.170 e. The van der Waals surface area contributed by atoms with Crippen molar-refractivity contribution in [3.63, 3.8) is 0 Å². The predicted molar refractivity (Wildman–Crippen MR) is 90.6 cm³/mol. The van der Waals surface area contributed by atoms with Crippen LogP contribution in [0.1, 0.15) is 57.6 Å². The molecule has 2 aliphatic carbocycles. The monoisotopic (exact) mass is 350 g/mol. The van der Waals surface area contributed by atoms with Gasteiger partial charge in [0.2, 0.25) is 0 Å². The van der Waals surface area contributed by atoms with Crippen molar-refractivity contribution in [1.29, 1.82) is 0 Å². The molecule has 0 saturated heterocycles. The molecule has 1 aromatic carbocycles. The highest BCUT2D eigenvalue weighted by molar-refractivity contribution is 9.12. The van der Waals surface area contributed by atoms with Crippen molar-refractivity contribution >= 4 is 27.3 Å². The molecule has 1 N–H and O–H groups in total. The summed E-state index contributed by atoms with van der Waals surface area (Å²) in [5.41, 5.74) is 3.60. The largest absolute Gasteiger partial charge is 0.508 e. The van der Waals surface area contributed by atoms with Crippen LogP contribution in [-0.2, 0) is 11.2 Å².